The van der Waals surface area contributed by atoms with Crippen molar-refractivity contribution in [2.24, 2.45) is 5.92 Å². The van der Waals surface area contributed by atoms with E-state index >= 15 is 0 Å². The molecule has 1 unspecified atom stereocenters. The lowest BCUT2D eigenvalue weighted by molar-refractivity contribution is -0.136. The highest BCUT2D eigenvalue weighted by Gasteiger charge is 2.36. The van der Waals surface area contributed by atoms with Gasteiger partial charge in [-0.25, -0.2) is 0 Å². The predicted octanol–water partition coefficient (Wildman–Crippen LogP) is 5.06. The normalized spacial score (nSPS) is 19.2. The van der Waals surface area contributed by atoms with Crippen molar-refractivity contribution < 1.29 is 19.2 Å². The molecule has 0 spiro atoms. The van der Waals surface area contributed by atoms with E-state index in [0.717, 1.165) is 59.9 Å². The summed E-state index contributed by atoms with van der Waals surface area (Å²) in [6.07, 6.45) is 3.57. The number of para-hydroxylation sites is 1. The fraction of sp³-hybridized carbons (Fsp3) is 0.317. The van der Waals surface area contributed by atoms with E-state index in [1.165, 1.54) is 0 Å². The first-order valence-corrected chi connectivity index (χ1v) is 18.2. The van der Waals surface area contributed by atoms with Crippen LogP contribution >= 0.6 is 11.6 Å². The average Bonchev–Trinajstić information content (AvgIpc) is 3.60. The summed E-state index contributed by atoms with van der Waals surface area (Å²) in [4.78, 5) is 62.8. The van der Waals surface area contributed by atoms with Crippen molar-refractivity contribution in [2.45, 2.75) is 50.4 Å². The number of aromatic amines is 1. The minimum Gasteiger partial charge on any atom is -0.360 e. The number of rotatable bonds is 12. The van der Waals surface area contributed by atoms with Crippen LogP contribution in [0.25, 0.3) is 21.7 Å². The molecule has 3 saturated heterocycles. The van der Waals surface area contributed by atoms with Gasteiger partial charge >= 0.3 is 0 Å². The highest BCUT2D eigenvalue weighted by molar-refractivity contribution is 6.30. The minimum absolute atomic E-state index is 0.00761. The van der Waals surface area contributed by atoms with Gasteiger partial charge < -0.3 is 30.7 Å². The number of fused-ring (bicyclic) bond motifs is 5. The van der Waals surface area contributed by atoms with Crippen LogP contribution in [0.2, 0.25) is 5.02 Å². The van der Waals surface area contributed by atoms with Gasteiger partial charge in [-0.05, 0) is 71.9 Å². The predicted molar refractivity (Wildman–Crippen MR) is 203 cm³/mol. The first kappa shape index (κ1) is 35.2. The van der Waals surface area contributed by atoms with Crippen LogP contribution in [0, 0.1) is 5.92 Å². The van der Waals surface area contributed by atoms with E-state index in [1.54, 1.807) is 30.3 Å². The highest BCUT2D eigenvalue weighted by atomic mass is 35.5. The molecule has 11 heteroatoms. The molecule has 10 nitrogen and oxygen atoms in total. The highest BCUT2D eigenvalue weighted by Crippen LogP contribution is 2.27. The van der Waals surface area contributed by atoms with E-state index < -0.39 is 23.9 Å². The Balaban J connectivity index is 1.14. The van der Waals surface area contributed by atoms with E-state index in [-0.39, 0.29) is 30.7 Å². The van der Waals surface area contributed by atoms with E-state index in [4.69, 9.17) is 11.6 Å². The van der Waals surface area contributed by atoms with Crippen molar-refractivity contribution in [2.75, 3.05) is 26.7 Å². The quantitative estimate of drug-likeness (QED) is 0.144. The Kier molecular flexibility index (Phi) is 10.6. The molecule has 0 saturated carbocycles. The number of benzene rings is 4. The molecule has 3 aliphatic heterocycles. The fourth-order valence-corrected chi connectivity index (χ4v) is 7.69. The Morgan fingerprint density at radius 2 is 1.58 bits per heavy atom. The Hall–Kier alpha value is -5.19. The lowest BCUT2D eigenvalue weighted by atomic mass is 9.84. The molecule has 3 aliphatic rings. The summed E-state index contributed by atoms with van der Waals surface area (Å²) in [5.41, 5.74) is 2.87. The van der Waals surface area contributed by atoms with Gasteiger partial charge in [-0.1, -0.05) is 84.4 Å². The molecule has 3 fully saturated rings. The Bertz CT molecular complexity index is 2090. The molecule has 0 radical (unpaired) electrons. The molecule has 4 amide bonds. The lowest BCUT2D eigenvalue weighted by Gasteiger charge is -2.45. The number of piperidine rings is 3. The van der Waals surface area contributed by atoms with Crippen LogP contribution in [-0.4, -0.2) is 83.2 Å². The maximum absolute atomic E-state index is 14.3. The zero-order chi connectivity index (χ0) is 36.2. The standard InChI is InChI=1S/C41H43ClN6O4/c1-47(24-26-11-14-31(42)15-12-26)41(52)36(21-27-10-13-28-6-2-3-7-30(28)20-27)46-40(51)35(22-38(49)44-37-25-48-18-16-29(37)17-19-48)45-39(50)33-23-43-34-9-5-4-8-32(33)34/h2-15,20,23,29,35-37,43H,16-19,21-22,24-25H2,1H3,(H,44,49)(H,45,50)(H,46,51)/t35-,36-,37?/m0/s1. The summed E-state index contributed by atoms with van der Waals surface area (Å²) in [6, 6.07) is 26.3. The van der Waals surface area contributed by atoms with Crippen molar-refractivity contribution in [1.29, 1.82) is 0 Å². The Morgan fingerprint density at radius 1 is 0.865 bits per heavy atom. The minimum atomic E-state index is -1.24. The van der Waals surface area contributed by atoms with E-state index in [1.807, 2.05) is 78.9 Å². The average molecular weight is 719 g/mol. The number of aromatic nitrogens is 1. The van der Waals surface area contributed by atoms with Crippen molar-refractivity contribution in [3.8, 4) is 0 Å². The molecule has 2 bridgehead atoms. The molecular formula is C41H43ClN6O4. The summed E-state index contributed by atoms with van der Waals surface area (Å²) in [7, 11) is 1.69. The second-order valence-corrected chi connectivity index (χ2v) is 14.5. The van der Waals surface area contributed by atoms with Crippen molar-refractivity contribution >= 4 is 56.9 Å². The van der Waals surface area contributed by atoms with E-state index in [9.17, 15) is 19.2 Å². The van der Waals surface area contributed by atoms with Gasteiger partial charge in [-0.15, -0.1) is 0 Å². The first-order valence-electron chi connectivity index (χ1n) is 17.9. The van der Waals surface area contributed by atoms with Gasteiger partial charge in [0, 0.05) is 54.7 Å². The number of amides is 4. The number of carbonyl (C=O) groups is 4. The van der Waals surface area contributed by atoms with Crippen LogP contribution in [0.5, 0.6) is 0 Å². The third-order valence-corrected chi connectivity index (χ3v) is 10.7. The van der Waals surface area contributed by atoms with Gasteiger partial charge in [0.15, 0.2) is 0 Å². The van der Waals surface area contributed by atoms with Crippen molar-refractivity contribution in [1.82, 2.24) is 30.7 Å². The maximum atomic E-state index is 14.3. The van der Waals surface area contributed by atoms with Gasteiger partial charge in [0.2, 0.25) is 17.7 Å². The van der Waals surface area contributed by atoms with Gasteiger partial charge in [0.05, 0.1) is 12.0 Å². The molecule has 8 rings (SSSR count). The second kappa shape index (κ2) is 15.6. The molecule has 4 N–H and O–H groups in total. The molecule has 3 atom stereocenters. The third-order valence-electron chi connectivity index (χ3n) is 10.4. The maximum Gasteiger partial charge on any atom is 0.254 e. The van der Waals surface area contributed by atoms with Crippen LogP contribution in [0.15, 0.2) is 97.2 Å². The van der Waals surface area contributed by atoms with Crippen LogP contribution in [0.4, 0.5) is 0 Å². The summed E-state index contributed by atoms with van der Waals surface area (Å²) in [6.45, 7) is 3.13. The van der Waals surface area contributed by atoms with Gasteiger partial charge in [-0.3, -0.25) is 19.2 Å². The number of halogens is 1. The lowest BCUT2D eigenvalue weighted by Crippen LogP contribution is -2.59. The van der Waals surface area contributed by atoms with Crippen LogP contribution in [0.1, 0.15) is 40.7 Å². The topological polar surface area (TPSA) is 127 Å². The molecule has 0 aliphatic carbocycles. The molecule has 4 heterocycles. The molecular weight excluding hydrogens is 676 g/mol. The monoisotopic (exact) mass is 718 g/mol. The summed E-state index contributed by atoms with van der Waals surface area (Å²) in [5.74, 6) is -1.35. The first-order chi connectivity index (χ1) is 25.2. The molecule has 1 aromatic heterocycles. The van der Waals surface area contributed by atoms with Gasteiger partial charge in [-0.2, -0.15) is 0 Å². The zero-order valence-corrected chi connectivity index (χ0v) is 29.9. The van der Waals surface area contributed by atoms with Crippen LogP contribution in [-0.2, 0) is 27.3 Å². The number of hydrogen-bond donors (Lipinski definition) is 4. The largest absolute Gasteiger partial charge is 0.360 e. The van der Waals surface area contributed by atoms with E-state index in [0.29, 0.717) is 28.4 Å². The Morgan fingerprint density at radius 3 is 2.33 bits per heavy atom. The fourth-order valence-electron chi connectivity index (χ4n) is 7.57. The number of carbonyl (C=O) groups excluding carboxylic acids is 4. The summed E-state index contributed by atoms with van der Waals surface area (Å²) >= 11 is 6.09. The number of nitrogens with zero attached hydrogens (tertiary/aromatic N) is 2. The van der Waals surface area contributed by atoms with Crippen LogP contribution < -0.4 is 16.0 Å². The number of hydrogen-bond acceptors (Lipinski definition) is 5. The Labute approximate surface area is 307 Å². The molecule has 268 valence electrons. The second-order valence-electron chi connectivity index (χ2n) is 14.1. The smallest absolute Gasteiger partial charge is 0.254 e. The van der Waals surface area contributed by atoms with Crippen LogP contribution in [0.3, 0.4) is 0 Å². The zero-order valence-electron chi connectivity index (χ0n) is 29.1. The van der Waals surface area contributed by atoms with Gasteiger partial charge in [0.25, 0.3) is 5.91 Å². The SMILES string of the molecule is CN(Cc1ccc(Cl)cc1)C(=O)[C@H](Cc1ccc2ccccc2c1)NC(=O)[C@H](CC(=O)NC1CN2CCC1CC2)NC(=O)c1c[nH]c2ccccc12. The molecule has 5 aromatic rings. The number of likely N-dealkylation sites (N-methyl/N-ethyl adjacent to an activating group) is 1. The van der Waals surface area contributed by atoms with Crippen molar-refractivity contribution in [3.05, 3.63) is 119 Å². The number of nitrogens with one attached hydrogen (secondary N) is 4. The number of H-pyrrole nitrogens is 1. The molecule has 4 aromatic carbocycles. The van der Waals surface area contributed by atoms with E-state index in [2.05, 4.69) is 25.8 Å². The van der Waals surface area contributed by atoms with Crippen molar-refractivity contribution in [3.63, 3.8) is 0 Å². The summed E-state index contributed by atoms with van der Waals surface area (Å²) in [5, 5.41) is 12.3. The summed E-state index contributed by atoms with van der Waals surface area (Å²) < 4.78 is 0. The molecule has 52 heavy (non-hydrogen) atoms. The third kappa shape index (κ3) is 8.14. The van der Waals surface area contributed by atoms with Gasteiger partial charge in [0.1, 0.15) is 12.1 Å².